The molecule has 0 saturated heterocycles. The van der Waals surface area contributed by atoms with Crippen LogP contribution in [0.25, 0.3) is 44.1 Å². The third-order valence-corrected chi connectivity index (χ3v) is 5.44. The first-order valence-corrected chi connectivity index (χ1v) is 9.37. The van der Waals surface area contributed by atoms with Gasteiger partial charge in [0.1, 0.15) is 0 Å². The van der Waals surface area contributed by atoms with E-state index < -0.39 is 0 Å². The van der Waals surface area contributed by atoms with E-state index in [9.17, 15) is 0 Å². The van der Waals surface area contributed by atoms with Gasteiger partial charge >= 0.3 is 0 Å². The first-order chi connectivity index (χ1) is 14.0. The number of benzene rings is 4. The Morgan fingerprint density at radius 3 is 1.28 bits per heavy atom. The van der Waals surface area contributed by atoms with Crippen molar-refractivity contribution in [3.8, 4) is 22.3 Å². The lowest BCUT2D eigenvalue weighted by atomic mass is 9.97. The molecule has 142 valence electrons. The van der Waals surface area contributed by atoms with E-state index in [1.807, 2.05) is 60.7 Å². The van der Waals surface area contributed by atoms with E-state index in [0.717, 1.165) is 44.1 Å². The van der Waals surface area contributed by atoms with Crippen LogP contribution in [0.3, 0.4) is 0 Å². The summed E-state index contributed by atoms with van der Waals surface area (Å²) in [5.41, 5.74) is 33.4. The van der Waals surface area contributed by atoms with Gasteiger partial charge in [-0.15, -0.1) is 0 Å². The maximum atomic E-state index is 6.36. The molecule has 0 aliphatic heterocycles. The van der Waals surface area contributed by atoms with Gasteiger partial charge in [-0.25, -0.2) is 0 Å². The number of para-hydroxylation sites is 2. The molecule has 5 rings (SSSR count). The minimum absolute atomic E-state index is 0.669. The SMILES string of the molecule is Nc1ccccc1-c1cc2c(cc1N)[nH]c1cc(N)c(-c3ccccc3N)cc12. The van der Waals surface area contributed by atoms with Gasteiger partial charge in [0.25, 0.3) is 0 Å². The highest BCUT2D eigenvalue weighted by Crippen LogP contribution is 2.40. The molecule has 5 aromatic rings. The van der Waals surface area contributed by atoms with Gasteiger partial charge in [-0.2, -0.15) is 0 Å². The second-order valence-electron chi connectivity index (χ2n) is 7.27. The highest BCUT2D eigenvalue weighted by molar-refractivity contribution is 6.13. The first kappa shape index (κ1) is 17.0. The molecular weight excluding hydrogens is 358 g/mol. The van der Waals surface area contributed by atoms with Crippen molar-refractivity contribution in [1.29, 1.82) is 0 Å². The minimum atomic E-state index is 0.669. The van der Waals surface area contributed by atoms with E-state index in [0.29, 0.717) is 22.7 Å². The van der Waals surface area contributed by atoms with Gasteiger partial charge in [0, 0.05) is 66.8 Å². The molecule has 0 spiro atoms. The Morgan fingerprint density at radius 2 is 0.862 bits per heavy atom. The molecule has 1 aromatic heterocycles. The summed E-state index contributed by atoms with van der Waals surface area (Å²) in [6.45, 7) is 0. The first-order valence-electron chi connectivity index (χ1n) is 9.37. The molecule has 0 amide bonds. The van der Waals surface area contributed by atoms with E-state index in [1.54, 1.807) is 0 Å². The molecule has 0 atom stereocenters. The van der Waals surface area contributed by atoms with Crippen molar-refractivity contribution < 1.29 is 0 Å². The van der Waals surface area contributed by atoms with Crippen LogP contribution < -0.4 is 22.9 Å². The molecule has 5 nitrogen and oxygen atoms in total. The van der Waals surface area contributed by atoms with Crippen molar-refractivity contribution >= 4 is 44.6 Å². The number of aromatic amines is 1. The van der Waals surface area contributed by atoms with Gasteiger partial charge in [-0.3, -0.25) is 0 Å². The number of aromatic nitrogens is 1. The molecule has 9 N–H and O–H groups in total. The van der Waals surface area contributed by atoms with E-state index >= 15 is 0 Å². The summed E-state index contributed by atoms with van der Waals surface area (Å²) < 4.78 is 0. The number of nitrogen functional groups attached to an aromatic ring is 4. The van der Waals surface area contributed by atoms with Gasteiger partial charge in [-0.05, 0) is 36.4 Å². The molecule has 0 bridgehead atoms. The zero-order valence-corrected chi connectivity index (χ0v) is 15.7. The molecule has 1 heterocycles. The number of nitrogens with two attached hydrogens (primary N) is 4. The quantitative estimate of drug-likeness (QED) is 0.278. The molecule has 4 aromatic carbocycles. The second-order valence-corrected chi connectivity index (χ2v) is 7.27. The number of rotatable bonds is 2. The van der Waals surface area contributed by atoms with Crippen molar-refractivity contribution in [2.75, 3.05) is 22.9 Å². The van der Waals surface area contributed by atoms with Gasteiger partial charge in [0.05, 0.1) is 0 Å². The average Bonchev–Trinajstić information content (AvgIpc) is 3.03. The van der Waals surface area contributed by atoms with Gasteiger partial charge in [-0.1, -0.05) is 36.4 Å². The molecule has 0 fully saturated rings. The van der Waals surface area contributed by atoms with Crippen molar-refractivity contribution in [2.24, 2.45) is 0 Å². The lowest BCUT2D eigenvalue weighted by molar-refractivity contribution is 1.54. The Morgan fingerprint density at radius 1 is 0.448 bits per heavy atom. The summed E-state index contributed by atoms with van der Waals surface area (Å²) in [5.74, 6) is 0. The summed E-state index contributed by atoms with van der Waals surface area (Å²) in [4.78, 5) is 3.42. The number of anilines is 4. The molecule has 29 heavy (non-hydrogen) atoms. The molecule has 0 aliphatic carbocycles. The zero-order valence-electron chi connectivity index (χ0n) is 15.7. The van der Waals surface area contributed by atoms with Gasteiger partial charge in [0.15, 0.2) is 0 Å². The number of hydrogen-bond donors (Lipinski definition) is 5. The Hall–Kier alpha value is -4.12. The van der Waals surface area contributed by atoms with Crippen LogP contribution in [0.1, 0.15) is 0 Å². The number of H-pyrrole nitrogens is 1. The highest BCUT2D eigenvalue weighted by Gasteiger charge is 2.14. The summed E-state index contributed by atoms with van der Waals surface area (Å²) in [7, 11) is 0. The van der Waals surface area contributed by atoms with Crippen LogP contribution in [0.5, 0.6) is 0 Å². The van der Waals surface area contributed by atoms with Crippen LogP contribution in [0.2, 0.25) is 0 Å². The predicted octanol–water partition coefficient (Wildman–Crippen LogP) is 4.98. The van der Waals surface area contributed by atoms with Crippen LogP contribution in [0.15, 0.2) is 72.8 Å². The van der Waals surface area contributed by atoms with Crippen molar-refractivity contribution in [3.63, 3.8) is 0 Å². The predicted molar refractivity (Wildman–Crippen MR) is 124 cm³/mol. The molecule has 0 unspecified atom stereocenters. The molecular formula is C24H21N5. The maximum absolute atomic E-state index is 6.36. The fourth-order valence-electron chi connectivity index (χ4n) is 3.98. The largest absolute Gasteiger partial charge is 0.398 e. The summed E-state index contributed by atoms with van der Waals surface area (Å²) >= 11 is 0. The van der Waals surface area contributed by atoms with E-state index in [-0.39, 0.29) is 0 Å². The van der Waals surface area contributed by atoms with E-state index in [4.69, 9.17) is 22.9 Å². The fraction of sp³-hybridized carbons (Fsp3) is 0. The lowest BCUT2D eigenvalue weighted by Gasteiger charge is -2.10. The normalized spacial score (nSPS) is 11.3. The second kappa shape index (κ2) is 6.21. The van der Waals surface area contributed by atoms with E-state index in [1.165, 1.54) is 0 Å². The van der Waals surface area contributed by atoms with Crippen LogP contribution in [0, 0.1) is 0 Å². The van der Waals surface area contributed by atoms with Gasteiger partial charge in [0.2, 0.25) is 0 Å². The fourth-order valence-corrected chi connectivity index (χ4v) is 3.98. The molecule has 5 heteroatoms. The lowest BCUT2D eigenvalue weighted by Crippen LogP contribution is -1.94. The Bertz CT molecular complexity index is 1290. The number of fused-ring (bicyclic) bond motifs is 3. The van der Waals surface area contributed by atoms with Crippen LogP contribution in [-0.2, 0) is 0 Å². The van der Waals surface area contributed by atoms with E-state index in [2.05, 4.69) is 17.1 Å². The topological polar surface area (TPSA) is 120 Å². The number of hydrogen-bond acceptors (Lipinski definition) is 4. The zero-order chi connectivity index (χ0) is 20.1. The Balaban J connectivity index is 1.81. The molecule has 0 saturated carbocycles. The minimum Gasteiger partial charge on any atom is -0.398 e. The third-order valence-electron chi connectivity index (χ3n) is 5.44. The van der Waals surface area contributed by atoms with Crippen molar-refractivity contribution in [3.05, 3.63) is 72.8 Å². The smallest absolute Gasteiger partial charge is 0.0485 e. The Labute approximate surface area is 167 Å². The Kier molecular flexibility index (Phi) is 3.64. The summed E-state index contributed by atoms with van der Waals surface area (Å²) in [5, 5.41) is 2.12. The van der Waals surface area contributed by atoms with Crippen LogP contribution in [-0.4, -0.2) is 4.98 Å². The monoisotopic (exact) mass is 379 g/mol. The summed E-state index contributed by atoms with van der Waals surface area (Å²) in [6.07, 6.45) is 0. The standard InChI is InChI=1S/C24H21N5/c25-19-7-3-1-5-13(19)15-9-17-18-10-16(14-6-2-4-8-20(14)26)22(28)12-24(18)29-23(17)11-21(15)27/h1-12,29H,25-28H2. The van der Waals surface area contributed by atoms with Gasteiger partial charge < -0.3 is 27.9 Å². The van der Waals surface area contributed by atoms with Crippen LogP contribution >= 0.6 is 0 Å². The van der Waals surface area contributed by atoms with Crippen LogP contribution in [0.4, 0.5) is 22.7 Å². The maximum Gasteiger partial charge on any atom is 0.0485 e. The summed E-state index contributed by atoms with van der Waals surface area (Å²) in [6, 6.07) is 23.5. The average molecular weight is 379 g/mol. The van der Waals surface area contributed by atoms with Crippen molar-refractivity contribution in [1.82, 2.24) is 4.98 Å². The number of nitrogens with one attached hydrogen (secondary N) is 1. The molecule has 0 radical (unpaired) electrons. The van der Waals surface area contributed by atoms with Crippen molar-refractivity contribution in [2.45, 2.75) is 0 Å². The molecule has 0 aliphatic rings. The highest BCUT2D eigenvalue weighted by atomic mass is 14.7. The third kappa shape index (κ3) is 2.63.